The van der Waals surface area contributed by atoms with Crippen LogP contribution in [-0.2, 0) is 0 Å². The Bertz CT molecular complexity index is 394. The molecule has 1 heterocycles. The summed E-state index contributed by atoms with van der Waals surface area (Å²) in [6, 6.07) is 7.50. The Balaban J connectivity index is 1.99. The number of hydrogen-bond acceptors (Lipinski definition) is 2. The van der Waals surface area contributed by atoms with E-state index in [1.807, 2.05) is 24.3 Å². The molecule has 0 unspecified atom stereocenters. The third-order valence-electron chi connectivity index (χ3n) is 2.94. The number of aliphatic hydroxyl groups excluding tert-OH is 1. The molecule has 2 amide bonds. The number of nitrogens with one attached hydrogen (secondary N) is 1. The van der Waals surface area contributed by atoms with E-state index in [0.717, 1.165) is 28.6 Å². The van der Waals surface area contributed by atoms with Crippen LogP contribution in [0.4, 0.5) is 10.5 Å². The van der Waals surface area contributed by atoms with Crippen molar-refractivity contribution in [3.05, 3.63) is 27.8 Å². The number of aliphatic hydroxyl groups is 1. The maximum atomic E-state index is 12.0. The first-order valence-corrected chi connectivity index (χ1v) is 6.72. The van der Waals surface area contributed by atoms with E-state index in [1.54, 1.807) is 4.90 Å². The molecule has 0 aliphatic carbocycles. The van der Waals surface area contributed by atoms with Crippen molar-refractivity contribution in [1.82, 2.24) is 4.90 Å². The molecule has 1 saturated heterocycles. The second-order valence-corrected chi connectivity index (χ2v) is 5.35. The van der Waals surface area contributed by atoms with Gasteiger partial charge in [0.2, 0.25) is 0 Å². The van der Waals surface area contributed by atoms with Gasteiger partial charge < -0.3 is 15.3 Å². The van der Waals surface area contributed by atoms with Crippen molar-refractivity contribution in [2.24, 2.45) is 0 Å². The fourth-order valence-electron chi connectivity index (χ4n) is 2.02. The van der Waals surface area contributed by atoms with Crippen LogP contribution in [0.5, 0.6) is 0 Å². The summed E-state index contributed by atoms with van der Waals surface area (Å²) >= 11 is 2.22. The maximum absolute atomic E-state index is 12.0. The minimum Gasteiger partial charge on any atom is -0.394 e. The predicted molar refractivity (Wildman–Crippen MR) is 75.0 cm³/mol. The molecular weight excluding hydrogens is 331 g/mol. The quantitative estimate of drug-likeness (QED) is 0.808. The lowest BCUT2D eigenvalue weighted by Gasteiger charge is -2.23. The molecule has 1 fully saturated rings. The van der Waals surface area contributed by atoms with E-state index in [1.165, 1.54) is 0 Å². The van der Waals surface area contributed by atoms with Crippen LogP contribution < -0.4 is 5.32 Å². The van der Waals surface area contributed by atoms with Crippen LogP contribution in [0.3, 0.4) is 0 Å². The summed E-state index contributed by atoms with van der Waals surface area (Å²) in [5.41, 5.74) is 0.791. The molecule has 0 saturated carbocycles. The molecule has 1 aromatic carbocycles. The lowest BCUT2D eigenvalue weighted by atomic mass is 10.2. The summed E-state index contributed by atoms with van der Waals surface area (Å²) in [7, 11) is 0. The second kappa shape index (κ2) is 5.68. The fraction of sp³-hybridized carbons (Fsp3) is 0.417. The average Bonchev–Trinajstić information content (AvgIpc) is 2.80. The monoisotopic (exact) mass is 346 g/mol. The van der Waals surface area contributed by atoms with Crippen LogP contribution >= 0.6 is 22.6 Å². The van der Waals surface area contributed by atoms with E-state index in [4.69, 9.17) is 5.11 Å². The molecule has 2 rings (SSSR count). The van der Waals surface area contributed by atoms with Gasteiger partial charge in [-0.1, -0.05) is 0 Å². The Morgan fingerprint density at radius 3 is 2.82 bits per heavy atom. The minimum absolute atomic E-state index is 0.0288. The first-order valence-electron chi connectivity index (χ1n) is 5.65. The number of anilines is 1. The zero-order valence-corrected chi connectivity index (χ0v) is 11.6. The van der Waals surface area contributed by atoms with E-state index in [-0.39, 0.29) is 18.7 Å². The molecule has 1 atom stereocenters. The zero-order chi connectivity index (χ0) is 12.3. The second-order valence-electron chi connectivity index (χ2n) is 4.11. The van der Waals surface area contributed by atoms with Gasteiger partial charge in [-0.3, -0.25) is 0 Å². The van der Waals surface area contributed by atoms with E-state index in [9.17, 15) is 4.79 Å². The molecule has 5 heteroatoms. The van der Waals surface area contributed by atoms with Crippen molar-refractivity contribution in [3.63, 3.8) is 0 Å². The standard InChI is InChI=1S/C12H15IN2O2/c13-9-3-5-10(6-4-9)14-12(17)15-7-1-2-11(15)8-16/h3-6,11,16H,1-2,7-8H2,(H,14,17)/t11-/m1/s1. The maximum Gasteiger partial charge on any atom is 0.322 e. The molecule has 1 aromatic rings. The van der Waals surface area contributed by atoms with Crippen LogP contribution in [-0.4, -0.2) is 35.2 Å². The first kappa shape index (κ1) is 12.6. The largest absolute Gasteiger partial charge is 0.394 e. The molecule has 0 aromatic heterocycles. The number of hydrogen-bond donors (Lipinski definition) is 2. The lowest BCUT2D eigenvalue weighted by molar-refractivity contribution is 0.166. The highest BCUT2D eigenvalue weighted by Gasteiger charge is 2.27. The van der Waals surface area contributed by atoms with Gasteiger partial charge >= 0.3 is 6.03 Å². The summed E-state index contributed by atoms with van der Waals surface area (Å²) in [4.78, 5) is 13.7. The number of likely N-dealkylation sites (tertiary alicyclic amines) is 1. The Morgan fingerprint density at radius 2 is 2.18 bits per heavy atom. The SMILES string of the molecule is O=C(Nc1ccc(I)cc1)N1CCC[C@@H]1CO. The van der Waals surface area contributed by atoms with Crippen LogP contribution in [0, 0.1) is 3.57 Å². The minimum atomic E-state index is -0.122. The molecule has 92 valence electrons. The fourth-order valence-corrected chi connectivity index (χ4v) is 2.38. The van der Waals surface area contributed by atoms with Gasteiger partial charge in [-0.15, -0.1) is 0 Å². The molecule has 0 spiro atoms. The smallest absolute Gasteiger partial charge is 0.322 e. The topological polar surface area (TPSA) is 52.6 Å². The van der Waals surface area contributed by atoms with Crippen molar-refractivity contribution >= 4 is 34.3 Å². The van der Waals surface area contributed by atoms with Gasteiger partial charge in [0.1, 0.15) is 0 Å². The van der Waals surface area contributed by atoms with Crippen LogP contribution in [0.1, 0.15) is 12.8 Å². The van der Waals surface area contributed by atoms with E-state index in [0.29, 0.717) is 0 Å². The summed E-state index contributed by atoms with van der Waals surface area (Å²) < 4.78 is 1.13. The van der Waals surface area contributed by atoms with Crippen LogP contribution in [0.25, 0.3) is 0 Å². The van der Waals surface area contributed by atoms with Gasteiger partial charge in [-0.25, -0.2) is 4.79 Å². The van der Waals surface area contributed by atoms with Crippen molar-refractivity contribution in [1.29, 1.82) is 0 Å². The third kappa shape index (κ3) is 3.10. The molecule has 1 aliphatic heterocycles. The van der Waals surface area contributed by atoms with Gasteiger partial charge in [0, 0.05) is 15.8 Å². The van der Waals surface area contributed by atoms with Crippen molar-refractivity contribution in [3.8, 4) is 0 Å². The highest BCUT2D eigenvalue weighted by molar-refractivity contribution is 14.1. The molecule has 4 nitrogen and oxygen atoms in total. The molecule has 1 aliphatic rings. The van der Waals surface area contributed by atoms with E-state index < -0.39 is 0 Å². The summed E-state index contributed by atoms with van der Waals surface area (Å²) in [5, 5.41) is 12.0. The molecule has 0 radical (unpaired) electrons. The Morgan fingerprint density at radius 1 is 1.47 bits per heavy atom. The Hall–Kier alpha value is -0.820. The van der Waals surface area contributed by atoms with Gasteiger partial charge in [-0.2, -0.15) is 0 Å². The highest BCUT2D eigenvalue weighted by atomic mass is 127. The first-order chi connectivity index (χ1) is 8.20. The van der Waals surface area contributed by atoms with E-state index in [2.05, 4.69) is 27.9 Å². The number of carbonyl (C=O) groups excluding carboxylic acids is 1. The van der Waals surface area contributed by atoms with Gasteiger partial charge in [0.25, 0.3) is 0 Å². The van der Waals surface area contributed by atoms with Crippen molar-refractivity contribution < 1.29 is 9.90 Å². The number of benzene rings is 1. The predicted octanol–water partition coefficient (Wildman–Crippen LogP) is 2.28. The number of nitrogens with zero attached hydrogens (tertiary/aromatic N) is 1. The number of rotatable bonds is 2. The Labute approximate surface area is 114 Å². The summed E-state index contributed by atoms with van der Waals surface area (Å²) in [6.07, 6.45) is 1.85. The normalized spacial score (nSPS) is 19.4. The lowest BCUT2D eigenvalue weighted by Crippen LogP contribution is -2.40. The molecule has 17 heavy (non-hydrogen) atoms. The zero-order valence-electron chi connectivity index (χ0n) is 9.40. The number of amides is 2. The Kier molecular flexibility index (Phi) is 4.22. The molecule has 0 bridgehead atoms. The summed E-state index contributed by atoms with van der Waals surface area (Å²) in [5.74, 6) is 0. The van der Waals surface area contributed by atoms with Crippen molar-refractivity contribution in [2.75, 3.05) is 18.5 Å². The van der Waals surface area contributed by atoms with E-state index >= 15 is 0 Å². The third-order valence-corrected chi connectivity index (χ3v) is 3.66. The summed E-state index contributed by atoms with van der Waals surface area (Å²) in [6.45, 7) is 0.765. The van der Waals surface area contributed by atoms with Gasteiger partial charge in [0.05, 0.1) is 12.6 Å². The number of urea groups is 1. The number of carbonyl (C=O) groups is 1. The average molecular weight is 346 g/mol. The van der Waals surface area contributed by atoms with Crippen LogP contribution in [0.2, 0.25) is 0 Å². The van der Waals surface area contributed by atoms with Gasteiger partial charge in [0.15, 0.2) is 0 Å². The molecule has 2 N–H and O–H groups in total. The number of halogens is 1. The molecular formula is C12H15IN2O2. The highest BCUT2D eigenvalue weighted by Crippen LogP contribution is 2.18. The van der Waals surface area contributed by atoms with Crippen molar-refractivity contribution in [2.45, 2.75) is 18.9 Å². The van der Waals surface area contributed by atoms with Gasteiger partial charge in [-0.05, 0) is 59.7 Å². The van der Waals surface area contributed by atoms with Crippen LogP contribution in [0.15, 0.2) is 24.3 Å².